The van der Waals surface area contributed by atoms with E-state index in [2.05, 4.69) is 28.5 Å². The Kier molecular flexibility index (Phi) is 2.40. The van der Waals surface area contributed by atoms with E-state index < -0.39 is 0 Å². The summed E-state index contributed by atoms with van der Waals surface area (Å²) >= 11 is 0. The first kappa shape index (κ1) is 10.0. The van der Waals surface area contributed by atoms with Crippen LogP contribution in [0.25, 0.3) is 0 Å². The molecule has 1 aromatic heterocycles. The van der Waals surface area contributed by atoms with Gasteiger partial charge < -0.3 is 10.6 Å². The number of piperazine rings is 1. The predicted octanol–water partition coefficient (Wildman–Crippen LogP) is 0.268. The van der Waals surface area contributed by atoms with Crippen LogP contribution in [0.15, 0.2) is 18.5 Å². The monoisotopic (exact) mass is 207 g/mol. The van der Waals surface area contributed by atoms with Crippen LogP contribution in [0.2, 0.25) is 0 Å². The summed E-state index contributed by atoms with van der Waals surface area (Å²) in [5.74, 6) is 0.952. The molecule has 5 nitrogen and oxygen atoms in total. The van der Waals surface area contributed by atoms with E-state index in [0.717, 1.165) is 31.1 Å². The van der Waals surface area contributed by atoms with Crippen LogP contribution in [-0.4, -0.2) is 41.4 Å². The number of anilines is 2. The topological polar surface area (TPSA) is 50.3 Å². The Labute approximate surface area is 89.8 Å². The summed E-state index contributed by atoms with van der Waals surface area (Å²) in [5.41, 5.74) is 7.67. The molecular formula is C10H17N5. The predicted molar refractivity (Wildman–Crippen MR) is 61.6 cm³/mol. The van der Waals surface area contributed by atoms with Gasteiger partial charge in [0, 0.05) is 32.4 Å². The third kappa shape index (κ3) is 1.70. The molecule has 0 atom stereocenters. The van der Waals surface area contributed by atoms with Crippen molar-refractivity contribution in [3.63, 3.8) is 0 Å². The van der Waals surface area contributed by atoms with Crippen molar-refractivity contribution in [2.24, 2.45) is 7.05 Å². The molecule has 5 heteroatoms. The van der Waals surface area contributed by atoms with Gasteiger partial charge in [-0.3, -0.25) is 9.58 Å². The van der Waals surface area contributed by atoms with E-state index in [1.807, 2.05) is 7.05 Å². The van der Waals surface area contributed by atoms with Crippen molar-refractivity contribution < 1.29 is 0 Å². The largest absolute Gasteiger partial charge is 0.394 e. The van der Waals surface area contributed by atoms with Gasteiger partial charge >= 0.3 is 0 Å². The molecule has 15 heavy (non-hydrogen) atoms. The average molecular weight is 207 g/mol. The standard InChI is InChI=1S/C10H17N5/c1-8-7-13(2)4-5-15(8)10-9(11)6-12-14(10)3/h6H,1,4-5,7,11H2,2-3H3. The molecule has 0 bridgehead atoms. The summed E-state index contributed by atoms with van der Waals surface area (Å²) in [5, 5.41) is 4.14. The van der Waals surface area contributed by atoms with Gasteiger partial charge in [-0.1, -0.05) is 6.58 Å². The minimum atomic E-state index is 0.711. The Morgan fingerprint density at radius 2 is 2.13 bits per heavy atom. The lowest BCUT2D eigenvalue weighted by Crippen LogP contribution is -2.43. The molecule has 1 aliphatic heterocycles. The van der Waals surface area contributed by atoms with Gasteiger partial charge in [0.2, 0.25) is 0 Å². The number of aromatic nitrogens is 2. The maximum Gasteiger partial charge on any atom is 0.154 e. The van der Waals surface area contributed by atoms with Crippen LogP contribution in [0.5, 0.6) is 0 Å². The summed E-state index contributed by atoms with van der Waals surface area (Å²) in [6, 6.07) is 0. The van der Waals surface area contributed by atoms with Crippen LogP contribution in [0.4, 0.5) is 11.5 Å². The van der Waals surface area contributed by atoms with Crippen molar-refractivity contribution in [1.82, 2.24) is 14.7 Å². The molecule has 2 heterocycles. The quantitative estimate of drug-likeness (QED) is 0.718. The average Bonchev–Trinajstić information content (AvgIpc) is 2.48. The molecule has 2 rings (SSSR count). The third-order valence-electron chi connectivity index (χ3n) is 2.73. The SMILES string of the molecule is C=C1CN(C)CCN1c1c(N)cnn1C. The van der Waals surface area contributed by atoms with Crippen molar-refractivity contribution >= 4 is 11.5 Å². The molecule has 0 spiro atoms. The first-order valence-electron chi connectivity index (χ1n) is 5.01. The molecule has 0 amide bonds. The van der Waals surface area contributed by atoms with Gasteiger partial charge in [0.1, 0.15) is 0 Å². The van der Waals surface area contributed by atoms with Gasteiger partial charge in [-0.2, -0.15) is 5.10 Å². The van der Waals surface area contributed by atoms with Crippen molar-refractivity contribution in [1.29, 1.82) is 0 Å². The van der Waals surface area contributed by atoms with E-state index in [-0.39, 0.29) is 0 Å². The van der Waals surface area contributed by atoms with E-state index in [4.69, 9.17) is 5.73 Å². The molecule has 1 fully saturated rings. The highest BCUT2D eigenvalue weighted by Gasteiger charge is 2.22. The summed E-state index contributed by atoms with van der Waals surface area (Å²) in [6.45, 7) is 6.88. The summed E-state index contributed by atoms with van der Waals surface area (Å²) in [6.07, 6.45) is 1.68. The molecule has 0 aliphatic carbocycles. The summed E-state index contributed by atoms with van der Waals surface area (Å²) < 4.78 is 1.80. The maximum atomic E-state index is 5.89. The molecule has 82 valence electrons. The number of nitrogens with two attached hydrogens (primary N) is 1. The fourth-order valence-corrected chi connectivity index (χ4v) is 1.94. The molecule has 2 N–H and O–H groups in total. The van der Waals surface area contributed by atoms with Crippen LogP contribution in [0, 0.1) is 0 Å². The van der Waals surface area contributed by atoms with Gasteiger partial charge in [0.15, 0.2) is 5.82 Å². The number of rotatable bonds is 1. The summed E-state index contributed by atoms with van der Waals surface area (Å²) in [4.78, 5) is 4.38. The fraction of sp³-hybridized carbons (Fsp3) is 0.500. The lowest BCUT2D eigenvalue weighted by atomic mass is 10.2. The Bertz CT molecular complexity index is 362. The van der Waals surface area contributed by atoms with E-state index in [1.54, 1.807) is 10.9 Å². The zero-order valence-electron chi connectivity index (χ0n) is 9.27. The van der Waals surface area contributed by atoms with Gasteiger partial charge in [-0.05, 0) is 7.05 Å². The highest BCUT2D eigenvalue weighted by molar-refractivity contribution is 5.65. The van der Waals surface area contributed by atoms with Crippen molar-refractivity contribution in [3.05, 3.63) is 18.5 Å². The zero-order chi connectivity index (χ0) is 11.0. The number of hydrogen-bond acceptors (Lipinski definition) is 4. The zero-order valence-corrected chi connectivity index (χ0v) is 9.27. The number of nitrogens with zero attached hydrogens (tertiary/aromatic N) is 4. The smallest absolute Gasteiger partial charge is 0.154 e. The Hall–Kier alpha value is -1.49. The van der Waals surface area contributed by atoms with E-state index in [0.29, 0.717) is 5.69 Å². The first-order valence-corrected chi connectivity index (χ1v) is 5.01. The van der Waals surface area contributed by atoms with E-state index in [9.17, 15) is 0 Å². The van der Waals surface area contributed by atoms with E-state index in [1.165, 1.54) is 0 Å². The molecule has 0 saturated carbocycles. The normalized spacial score (nSPS) is 18.5. The van der Waals surface area contributed by atoms with Crippen molar-refractivity contribution in [3.8, 4) is 0 Å². The van der Waals surface area contributed by atoms with Gasteiger partial charge in [-0.25, -0.2) is 0 Å². The number of hydrogen-bond donors (Lipinski definition) is 1. The minimum Gasteiger partial charge on any atom is -0.394 e. The molecular weight excluding hydrogens is 190 g/mol. The molecule has 0 aromatic carbocycles. The van der Waals surface area contributed by atoms with Crippen LogP contribution >= 0.6 is 0 Å². The summed E-state index contributed by atoms with van der Waals surface area (Å²) in [7, 11) is 3.99. The lowest BCUT2D eigenvalue weighted by molar-refractivity contribution is 0.339. The Morgan fingerprint density at radius 3 is 2.67 bits per heavy atom. The lowest BCUT2D eigenvalue weighted by Gasteiger charge is -2.35. The molecule has 1 saturated heterocycles. The van der Waals surface area contributed by atoms with Gasteiger partial charge in [0.05, 0.1) is 11.9 Å². The highest BCUT2D eigenvalue weighted by atomic mass is 15.4. The van der Waals surface area contributed by atoms with Crippen LogP contribution in [0.1, 0.15) is 0 Å². The maximum absolute atomic E-state index is 5.89. The fourth-order valence-electron chi connectivity index (χ4n) is 1.94. The molecule has 1 aromatic rings. The molecule has 0 radical (unpaired) electrons. The number of likely N-dealkylation sites (N-methyl/N-ethyl adjacent to an activating group) is 1. The van der Waals surface area contributed by atoms with Gasteiger partial charge in [-0.15, -0.1) is 0 Å². The van der Waals surface area contributed by atoms with Crippen LogP contribution in [-0.2, 0) is 7.05 Å². The third-order valence-corrected chi connectivity index (χ3v) is 2.73. The van der Waals surface area contributed by atoms with E-state index >= 15 is 0 Å². The molecule has 1 aliphatic rings. The first-order chi connectivity index (χ1) is 7.09. The number of aryl methyl sites for hydroxylation is 1. The Morgan fingerprint density at radius 1 is 1.40 bits per heavy atom. The second-order valence-corrected chi connectivity index (χ2v) is 4.00. The van der Waals surface area contributed by atoms with Crippen LogP contribution in [0.3, 0.4) is 0 Å². The second-order valence-electron chi connectivity index (χ2n) is 4.00. The second kappa shape index (κ2) is 3.58. The van der Waals surface area contributed by atoms with Crippen molar-refractivity contribution in [2.75, 3.05) is 37.3 Å². The van der Waals surface area contributed by atoms with Crippen LogP contribution < -0.4 is 10.6 Å². The number of nitrogen functional groups attached to an aromatic ring is 1. The minimum absolute atomic E-state index is 0.711. The Balaban J connectivity index is 2.28. The van der Waals surface area contributed by atoms with Gasteiger partial charge in [0.25, 0.3) is 0 Å². The van der Waals surface area contributed by atoms with Crippen molar-refractivity contribution in [2.45, 2.75) is 0 Å². The molecule has 0 unspecified atom stereocenters. The highest BCUT2D eigenvalue weighted by Crippen LogP contribution is 2.26.